The number of aliphatic hydroxyl groups excluding tert-OH is 2. The lowest BCUT2D eigenvalue weighted by atomic mass is 9.97. The van der Waals surface area contributed by atoms with Crippen LogP contribution in [0.2, 0.25) is 0 Å². The van der Waals surface area contributed by atoms with Crippen LogP contribution in [-0.2, 0) is 6.42 Å². The van der Waals surface area contributed by atoms with Crippen molar-refractivity contribution in [2.45, 2.75) is 51.9 Å². The van der Waals surface area contributed by atoms with Crippen LogP contribution in [0.1, 0.15) is 51.0 Å². The summed E-state index contributed by atoms with van der Waals surface area (Å²) in [7, 11) is 0. The van der Waals surface area contributed by atoms with Gasteiger partial charge in [0.1, 0.15) is 11.5 Å². The summed E-state index contributed by atoms with van der Waals surface area (Å²) in [6, 6.07) is 23.2. The predicted octanol–water partition coefficient (Wildman–Crippen LogP) is 6.67. The second-order valence-electron chi connectivity index (χ2n) is 8.59. The van der Waals surface area contributed by atoms with Crippen molar-refractivity contribution >= 4 is 0 Å². The van der Waals surface area contributed by atoms with Crippen LogP contribution in [0.15, 0.2) is 66.7 Å². The molecule has 0 atom stereocenters. The first kappa shape index (κ1) is 25.8. The molecular weight excluding hydrogens is 424 g/mol. The van der Waals surface area contributed by atoms with Gasteiger partial charge in [-0.05, 0) is 64.9 Å². The first-order valence-corrected chi connectivity index (χ1v) is 12.6. The third-order valence-electron chi connectivity index (χ3n) is 5.90. The van der Waals surface area contributed by atoms with Crippen LogP contribution in [0.25, 0.3) is 22.3 Å². The minimum absolute atomic E-state index is 0.143. The zero-order valence-corrected chi connectivity index (χ0v) is 20.3. The molecular formula is C30H38O4. The van der Waals surface area contributed by atoms with E-state index in [9.17, 15) is 0 Å². The fourth-order valence-corrected chi connectivity index (χ4v) is 3.94. The van der Waals surface area contributed by atoms with Gasteiger partial charge in [-0.3, -0.25) is 0 Å². The van der Waals surface area contributed by atoms with E-state index in [0.29, 0.717) is 26.1 Å². The molecule has 0 bridgehead atoms. The number of ether oxygens (including phenoxy) is 2. The van der Waals surface area contributed by atoms with Crippen molar-refractivity contribution < 1.29 is 19.7 Å². The van der Waals surface area contributed by atoms with Gasteiger partial charge in [-0.1, -0.05) is 68.7 Å². The minimum atomic E-state index is 0.143. The fraction of sp³-hybridized carbons (Fsp3) is 0.400. The van der Waals surface area contributed by atoms with E-state index in [0.717, 1.165) is 35.5 Å². The summed E-state index contributed by atoms with van der Waals surface area (Å²) in [5.41, 5.74) is 5.93. The van der Waals surface area contributed by atoms with Gasteiger partial charge in [0.25, 0.3) is 0 Å². The molecule has 0 heterocycles. The maximum atomic E-state index is 9.07. The van der Waals surface area contributed by atoms with Crippen molar-refractivity contribution in [2.24, 2.45) is 0 Å². The Bertz CT molecular complexity index is 964. The highest BCUT2D eigenvalue weighted by atomic mass is 16.5. The topological polar surface area (TPSA) is 58.9 Å². The molecule has 3 aromatic carbocycles. The Morgan fingerprint density at radius 1 is 0.588 bits per heavy atom. The van der Waals surface area contributed by atoms with Crippen molar-refractivity contribution in [3.63, 3.8) is 0 Å². The average molecular weight is 463 g/mol. The SMILES string of the molecule is CCCCCCc1cc(-c2ccc(-c3ccc(OCCCO)cc3)cc2)ccc1OCCCO. The summed E-state index contributed by atoms with van der Waals surface area (Å²) in [5, 5.41) is 18.0. The molecule has 2 N–H and O–H groups in total. The van der Waals surface area contributed by atoms with Gasteiger partial charge in [0, 0.05) is 26.1 Å². The monoisotopic (exact) mass is 462 g/mol. The summed E-state index contributed by atoms with van der Waals surface area (Å²) in [4.78, 5) is 0. The van der Waals surface area contributed by atoms with Crippen molar-refractivity contribution in [3.05, 3.63) is 72.3 Å². The minimum Gasteiger partial charge on any atom is -0.494 e. The number of benzene rings is 3. The molecule has 3 aromatic rings. The summed E-state index contributed by atoms with van der Waals surface area (Å²) in [6.45, 7) is 3.59. The Kier molecular flexibility index (Phi) is 11.0. The third-order valence-corrected chi connectivity index (χ3v) is 5.90. The van der Waals surface area contributed by atoms with Crippen molar-refractivity contribution in [3.8, 4) is 33.8 Å². The largest absolute Gasteiger partial charge is 0.494 e. The Morgan fingerprint density at radius 3 is 1.76 bits per heavy atom. The van der Waals surface area contributed by atoms with E-state index in [1.807, 2.05) is 12.1 Å². The number of aliphatic hydroxyl groups is 2. The van der Waals surface area contributed by atoms with Crippen LogP contribution < -0.4 is 9.47 Å². The Labute approximate surface area is 204 Å². The average Bonchev–Trinajstić information content (AvgIpc) is 2.88. The quantitative estimate of drug-likeness (QED) is 0.248. The van der Waals surface area contributed by atoms with Gasteiger partial charge in [0.15, 0.2) is 0 Å². The second-order valence-corrected chi connectivity index (χ2v) is 8.59. The Balaban J connectivity index is 1.71. The number of rotatable bonds is 15. The third kappa shape index (κ3) is 7.89. The molecule has 0 aliphatic rings. The van der Waals surface area contributed by atoms with E-state index < -0.39 is 0 Å². The van der Waals surface area contributed by atoms with E-state index >= 15 is 0 Å². The summed E-state index contributed by atoms with van der Waals surface area (Å²) in [6.07, 6.45) is 7.17. The fourth-order valence-electron chi connectivity index (χ4n) is 3.94. The predicted molar refractivity (Wildman–Crippen MR) is 140 cm³/mol. The number of aryl methyl sites for hydroxylation is 1. The summed E-state index contributed by atoms with van der Waals surface area (Å²) >= 11 is 0. The normalized spacial score (nSPS) is 10.9. The van der Waals surface area contributed by atoms with Gasteiger partial charge in [-0.2, -0.15) is 0 Å². The molecule has 0 amide bonds. The molecule has 0 unspecified atom stereocenters. The Hall–Kier alpha value is -2.82. The van der Waals surface area contributed by atoms with E-state index in [-0.39, 0.29) is 13.2 Å². The van der Waals surface area contributed by atoms with Crippen molar-refractivity contribution in [1.29, 1.82) is 0 Å². The highest BCUT2D eigenvalue weighted by Gasteiger charge is 2.08. The zero-order chi connectivity index (χ0) is 24.0. The molecule has 3 rings (SSSR count). The molecule has 0 aliphatic carbocycles. The summed E-state index contributed by atoms with van der Waals surface area (Å²) < 4.78 is 11.6. The molecule has 0 fully saturated rings. The van der Waals surface area contributed by atoms with Crippen LogP contribution in [-0.4, -0.2) is 36.6 Å². The van der Waals surface area contributed by atoms with E-state index in [1.54, 1.807) is 0 Å². The number of hydrogen-bond donors (Lipinski definition) is 2. The first-order chi connectivity index (χ1) is 16.7. The van der Waals surface area contributed by atoms with Crippen LogP contribution >= 0.6 is 0 Å². The molecule has 0 radical (unpaired) electrons. The smallest absolute Gasteiger partial charge is 0.122 e. The van der Waals surface area contributed by atoms with Crippen LogP contribution in [0.4, 0.5) is 0 Å². The molecule has 4 heteroatoms. The van der Waals surface area contributed by atoms with Crippen molar-refractivity contribution in [1.82, 2.24) is 0 Å². The highest BCUT2D eigenvalue weighted by molar-refractivity contribution is 5.71. The molecule has 0 saturated heterocycles. The maximum Gasteiger partial charge on any atom is 0.122 e. The molecule has 0 saturated carbocycles. The molecule has 4 nitrogen and oxygen atoms in total. The van der Waals surface area contributed by atoms with E-state index in [2.05, 4.69) is 61.5 Å². The highest BCUT2D eigenvalue weighted by Crippen LogP contribution is 2.30. The molecule has 0 aliphatic heterocycles. The van der Waals surface area contributed by atoms with Gasteiger partial charge in [0.05, 0.1) is 13.2 Å². The summed E-state index contributed by atoms with van der Waals surface area (Å²) in [5.74, 6) is 1.76. The molecule has 0 aromatic heterocycles. The molecule has 182 valence electrons. The Morgan fingerprint density at radius 2 is 1.15 bits per heavy atom. The lowest BCUT2D eigenvalue weighted by Gasteiger charge is -2.14. The van der Waals surface area contributed by atoms with Gasteiger partial charge < -0.3 is 19.7 Å². The maximum absolute atomic E-state index is 9.07. The zero-order valence-electron chi connectivity index (χ0n) is 20.3. The van der Waals surface area contributed by atoms with Gasteiger partial charge in [-0.25, -0.2) is 0 Å². The van der Waals surface area contributed by atoms with Gasteiger partial charge >= 0.3 is 0 Å². The van der Waals surface area contributed by atoms with Gasteiger partial charge in [0.2, 0.25) is 0 Å². The van der Waals surface area contributed by atoms with E-state index in [1.165, 1.54) is 36.0 Å². The second kappa shape index (κ2) is 14.4. The first-order valence-electron chi connectivity index (χ1n) is 12.6. The van der Waals surface area contributed by atoms with Crippen LogP contribution in [0, 0.1) is 0 Å². The standard InChI is InChI=1S/C30H38O4/c1-2-3-4-5-8-28-23-27(15-18-30(28)34-22-7-20-32)26-11-9-24(10-12-26)25-13-16-29(17-14-25)33-21-6-19-31/h9-18,23,31-32H,2-8,19-22H2,1H3. The molecule has 0 spiro atoms. The molecule has 34 heavy (non-hydrogen) atoms. The van der Waals surface area contributed by atoms with Crippen molar-refractivity contribution in [2.75, 3.05) is 26.4 Å². The number of hydrogen-bond acceptors (Lipinski definition) is 4. The van der Waals surface area contributed by atoms with Crippen LogP contribution in [0.3, 0.4) is 0 Å². The lowest BCUT2D eigenvalue weighted by molar-refractivity contribution is 0.232. The number of unbranched alkanes of at least 4 members (excludes halogenated alkanes) is 3. The van der Waals surface area contributed by atoms with E-state index in [4.69, 9.17) is 19.7 Å². The lowest BCUT2D eigenvalue weighted by Crippen LogP contribution is -2.02. The van der Waals surface area contributed by atoms with Gasteiger partial charge in [-0.15, -0.1) is 0 Å². The van der Waals surface area contributed by atoms with Crippen LogP contribution in [0.5, 0.6) is 11.5 Å².